The molecule has 0 atom stereocenters. The minimum Gasteiger partial charge on any atom is -0.475 e. The van der Waals surface area contributed by atoms with Crippen molar-refractivity contribution in [2.75, 3.05) is 39.9 Å². The molecule has 11 heteroatoms. The summed E-state index contributed by atoms with van der Waals surface area (Å²) >= 11 is 0. The van der Waals surface area contributed by atoms with Crippen molar-refractivity contribution in [1.82, 2.24) is 14.8 Å². The number of alkyl halides is 3. The molecule has 1 aromatic rings. The lowest BCUT2D eigenvalue weighted by atomic mass is 9.77. The van der Waals surface area contributed by atoms with Crippen LogP contribution in [0.2, 0.25) is 0 Å². The third-order valence-electron chi connectivity index (χ3n) is 5.52. The second-order valence-electron chi connectivity index (χ2n) is 7.57. The predicted molar refractivity (Wildman–Crippen MR) is 103 cm³/mol. The summed E-state index contributed by atoms with van der Waals surface area (Å²) in [7, 11) is 1.65. The monoisotopic (exact) mass is 445 g/mol. The number of carboxylic acid groups (broad SMARTS) is 1. The molecule has 3 rings (SSSR count). The number of aromatic nitrogens is 1. The van der Waals surface area contributed by atoms with E-state index in [-0.39, 0.29) is 17.2 Å². The van der Waals surface area contributed by atoms with E-state index >= 15 is 0 Å². The van der Waals surface area contributed by atoms with Gasteiger partial charge < -0.3 is 19.6 Å². The Hall–Kier alpha value is -2.69. The van der Waals surface area contributed by atoms with E-state index in [0.29, 0.717) is 31.9 Å². The molecule has 172 valence electrons. The number of ether oxygens (including phenoxy) is 1. The molecular formula is C20H26F3N3O5. The minimum absolute atomic E-state index is 0.0322. The molecule has 8 nitrogen and oxygen atoms in total. The van der Waals surface area contributed by atoms with Gasteiger partial charge in [0, 0.05) is 39.0 Å². The van der Waals surface area contributed by atoms with Crippen LogP contribution in [0.4, 0.5) is 13.2 Å². The number of nitrogens with zero attached hydrogens (tertiary/aromatic N) is 3. The van der Waals surface area contributed by atoms with Gasteiger partial charge >= 0.3 is 12.1 Å². The van der Waals surface area contributed by atoms with Crippen LogP contribution in [0.5, 0.6) is 0 Å². The summed E-state index contributed by atoms with van der Waals surface area (Å²) in [5.41, 5.74) is 1.06. The van der Waals surface area contributed by atoms with Gasteiger partial charge in [0.1, 0.15) is 5.69 Å². The Morgan fingerprint density at radius 3 is 2.29 bits per heavy atom. The fourth-order valence-electron chi connectivity index (χ4n) is 3.73. The van der Waals surface area contributed by atoms with Gasteiger partial charge in [-0.25, -0.2) is 9.78 Å². The smallest absolute Gasteiger partial charge is 0.475 e. The van der Waals surface area contributed by atoms with Gasteiger partial charge in [-0.1, -0.05) is 6.07 Å². The first-order chi connectivity index (χ1) is 14.5. The van der Waals surface area contributed by atoms with Crippen molar-refractivity contribution in [3.63, 3.8) is 0 Å². The minimum atomic E-state index is -5.08. The number of methoxy groups -OCH3 is 1. The van der Waals surface area contributed by atoms with E-state index in [1.165, 1.54) is 0 Å². The first-order valence-electron chi connectivity index (χ1n) is 9.81. The molecule has 2 aliphatic rings. The zero-order chi connectivity index (χ0) is 23.2. The van der Waals surface area contributed by atoms with Gasteiger partial charge in [0.05, 0.1) is 12.0 Å². The van der Waals surface area contributed by atoms with E-state index in [1.54, 1.807) is 13.2 Å². The second kappa shape index (κ2) is 10.1. The van der Waals surface area contributed by atoms with Gasteiger partial charge in [-0.05, 0) is 38.3 Å². The molecule has 0 aromatic carbocycles. The summed E-state index contributed by atoms with van der Waals surface area (Å²) in [6, 6.07) is 5.50. The molecule has 2 amide bonds. The standard InChI is InChI=1S/C18H25N3O3.C2HF3O2/c1-14-4-3-5-15(19-14)16(22)20-9-6-18(7-10-20)8-11-21(17(18)23)12-13-24-2;3-2(4,5)1(6)7/h3-5H,6-13H2,1-2H3;(H,6,7). The number of halogens is 3. The molecule has 31 heavy (non-hydrogen) atoms. The van der Waals surface area contributed by atoms with Crippen LogP contribution in [0, 0.1) is 12.3 Å². The average Bonchev–Trinajstić information content (AvgIpc) is 3.01. The Kier molecular flexibility index (Phi) is 7.99. The fourth-order valence-corrected chi connectivity index (χ4v) is 3.73. The number of likely N-dealkylation sites (tertiary alicyclic amines) is 2. The first kappa shape index (κ1) is 24.6. The van der Waals surface area contributed by atoms with Crippen LogP contribution in [0.1, 0.15) is 35.4 Å². The highest BCUT2D eigenvalue weighted by atomic mass is 19.4. The molecule has 0 saturated carbocycles. The van der Waals surface area contributed by atoms with Crippen LogP contribution in [0.25, 0.3) is 0 Å². The fraction of sp³-hybridized carbons (Fsp3) is 0.600. The highest BCUT2D eigenvalue weighted by molar-refractivity contribution is 5.93. The van der Waals surface area contributed by atoms with Crippen LogP contribution >= 0.6 is 0 Å². The van der Waals surface area contributed by atoms with E-state index in [0.717, 1.165) is 31.5 Å². The summed E-state index contributed by atoms with van der Waals surface area (Å²) in [6.07, 6.45) is -2.71. The number of carboxylic acids is 1. The van der Waals surface area contributed by atoms with Gasteiger partial charge in [-0.2, -0.15) is 13.2 Å². The third-order valence-corrected chi connectivity index (χ3v) is 5.52. The van der Waals surface area contributed by atoms with Crippen molar-refractivity contribution in [3.05, 3.63) is 29.6 Å². The highest BCUT2D eigenvalue weighted by Crippen LogP contribution is 2.41. The van der Waals surface area contributed by atoms with Gasteiger partial charge in [0.25, 0.3) is 5.91 Å². The van der Waals surface area contributed by atoms with E-state index in [1.807, 2.05) is 28.9 Å². The number of carbonyl (C=O) groups excluding carboxylic acids is 2. The third kappa shape index (κ3) is 6.16. The molecule has 0 radical (unpaired) electrons. The lowest BCUT2D eigenvalue weighted by Crippen LogP contribution is -2.47. The van der Waals surface area contributed by atoms with Crippen molar-refractivity contribution in [3.8, 4) is 0 Å². The average molecular weight is 445 g/mol. The predicted octanol–water partition coefficient (Wildman–Crippen LogP) is 2.12. The van der Waals surface area contributed by atoms with Gasteiger partial charge in [-0.15, -0.1) is 0 Å². The molecule has 1 spiro atoms. The number of piperidine rings is 1. The Morgan fingerprint density at radius 1 is 1.19 bits per heavy atom. The molecule has 0 aliphatic carbocycles. The topological polar surface area (TPSA) is 100 Å². The quantitative estimate of drug-likeness (QED) is 0.762. The molecular weight excluding hydrogens is 419 g/mol. The molecule has 1 N–H and O–H groups in total. The van der Waals surface area contributed by atoms with Gasteiger partial charge in [0.15, 0.2) is 0 Å². The van der Waals surface area contributed by atoms with Crippen LogP contribution < -0.4 is 0 Å². The van der Waals surface area contributed by atoms with Gasteiger partial charge in [-0.3, -0.25) is 9.59 Å². The summed E-state index contributed by atoms with van der Waals surface area (Å²) in [6.45, 7) is 5.17. The zero-order valence-corrected chi connectivity index (χ0v) is 17.4. The van der Waals surface area contributed by atoms with Crippen LogP contribution in [-0.4, -0.2) is 83.7 Å². The van der Waals surface area contributed by atoms with E-state index in [9.17, 15) is 22.8 Å². The summed E-state index contributed by atoms with van der Waals surface area (Å²) < 4.78 is 36.8. The molecule has 1 aromatic heterocycles. The zero-order valence-electron chi connectivity index (χ0n) is 17.4. The van der Waals surface area contributed by atoms with Crippen LogP contribution in [0.3, 0.4) is 0 Å². The number of aryl methyl sites for hydroxylation is 1. The van der Waals surface area contributed by atoms with Crippen molar-refractivity contribution < 1.29 is 37.4 Å². The molecule has 2 saturated heterocycles. The van der Waals surface area contributed by atoms with E-state index < -0.39 is 12.1 Å². The summed E-state index contributed by atoms with van der Waals surface area (Å²) in [4.78, 5) is 42.3. The summed E-state index contributed by atoms with van der Waals surface area (Å²) in [5, 5.41) is 7.12. The number of hydrogen-bond donors (Lipinski definition) is 1. The largest absolute Gasteiger partial charge is 0.490 e. The molecule has 2 fully saturated rings. The van der Waals surface area contributed by atoms with Crippen molar-refractivity contribution in [2.45, 2.75) is 32.4 Å². The Labute approximate surface area is 178 Å². The first-order valence-corrected chi connectivity index (χ1v) is 9.81. The maximum Gasteiger partial charge on any atom is 0.490 e. The number of carbonyl (C=O) groups is 3. The van der Waals surface area contributed by atoms with Crippen LogP contribution in [0.15, 0.2) is 18.2 Å². The lowest BCUT2D eigenvalue weighted by molar-refractivity contribution is -0.192. The molecule has 3 heterocycles. The normalized spacial score (nSPS) is 18.0. The Balaban J connectivity index is 0.000000423. The summed E-state index contributed by atoms with van der Waals surface area (Å²) in [5.74, 6) is -2.55. The lowest BCUT2D eigenvalue weighted by Gasteiger charge is -2.37. The van der Waals surface area contributed by atoms with Crippen LogP contribution in [-0.2, 0) is 14.3 Å². The van der Waals surface area contributed by atoms with E-state index in [2.05, 4.69) is 4.98 Å². The second-order valence-corrected chi connectivity index (χ2v) is 7.57. The van der Waals surface area contributed by atoms with Crippen molar-refractivity contribution >= 4 is 17.8 Å². The highest BCUT2D eigenvalue weighted by Gasteiger charge is 2.48. The maximum absolute atomic E-state index is 12.7. The number of rotatable bonds is 4. The molecule has 0 bridgehead atoms. The molecule has 0 unspecified atom stereocenters. The molecule has 2 aliphatic heterocycles. The number of pyridine rings is 1. The Morgan fingerprint density at radius 2 is 1.77 bits per heavy atom. The maximum atomic E-state index is 12.7. The van der Waals surface area contributed by atoms with Gasteiger partial charge in [0.2, 0.25) is 5.91 Å². The van der Waals surface area contributed by atoms with E-state index in [4.69, 9.17) is 14.6 Å². The number of amides is 2. The van der Waals surface area contributed by atoms with Crippen molar-refractivity contribution in [2.24, 2.45) is 5.41 Å². The number of hydrogen-bond acceptors (Lipinski definition) is 5. The Bertz CT molecular complexity index is 807. The van der Waals surface area contributed by atoms with Crippen molar-refractivity contribution in [1.29, 1.82) is 0 Å². The number of aliphatic carboxylic acids is 1. The SMILES string of the molecule is COCCN1CCC2(CCN(C(=O)c3cccc(C)n3)CC2)C1=O.O=C(O)C(F)(F)F.